The molecule has 0 saturated heterocycles. The standard InChI is InChI=1S/C12H22N2O/c1-3-13-12(15)8(2)14-11(9-4-5-9)10-6-7-10/h8-11,14H,3-7H2,1-2H3,(H,13,15). The van der Waals surface area contributed by atoms with Crippen LogP contribution in [0.3, 0.4) is 0 Å². The molecule has 0 aromatic rings. The van der Waals surface area contributed by atoms with Crippen LogP contribution >= 0.6 is 0 Å². The lowest BCUT2D eigenvalue weighted by Crippen LogP contribution is -2.48. The molecule has 0 aromatic heterocycles. The van der Waals surface area contributed by atoms with Gasteiger partial charge in [0.15, 0.2) is 0 Å². The van der Waals surface area contributed by atoms with E-state index in [-0.39, 0.29) is 11.9 Å². The van der Waals surface area contributed by atoms with Gasteiger partial charge in [0.1, 0.15) is 0 Å². The lowest BCUT2D eigenvalue weighted by atomic mass is 10.1. The second-order valence-electron chi connectivity index (χ2n) is 4.98. The fourth-order valence-electron chi connectivity index (χ4n) is 2.26. The van der Waals surface area contributed by atoms with Crippen molar-refractivity contribution in [1.82, 2.24) is 10.6 Å². The Labute approximate surface area is 92.0 Å². The summed E-state index contributed by atoms with van der Waals surface area (Å²) in [4.78, 5) is 11.6. The van der Waals surface area contributed by atoms with Crippen LogP contribution in [0.4, 0.5) is 0 Å². The molecule has 2 aliphatic rings. The van der Waals surface area contributed by atoms with Crippen LogP contribution in [-0.4, -0.2) is 24.5 Å². The van der Waals surface area contributed by atoms with Crippen LogP contribution in [0.25, 0.3) is 0 Å². The van der Waals surface area contributed by atoms with E-state index < -0.39 is 0 Å². The van der Waals surface area contributed by atoms with E-state index in [4.69, 9.17) is 0 Å². The number of likely N-dealkylation sites (N-methyl/N-ethyl adjacent to an activating group) is 1. The van der Waals surface area contributed by atoms with Crippen molar-refractivity contribution in [1.29, 1.82) is 0 Å². The van der Waals surface area contributed by atoms with Gasteiger partial charge in [0, 0.05) is 12.6 Å². The van der Waals surface area contributed by atoms with Gasteiger partial charge in [0.2, 0.25) is 5.91 Å². The summed E-state index contributed by atoms with van der Waals surface area (Å²) in [7, 11) is 0. The maximum atomic E-state index is 11.6. The minimum absolute atomic E-state index is 0.0313. The molecule has 3 heteroatoms. The van der Waals surface area contributed by atoms with Crippen LogP contribution in [0.15, 0.2) is 0 Å². The lowest BCUT2D eigenvalue weighted by Gasteiger charge is -2.22. The Morgan fingerprint density at radius 3 is 2.20 bits per heavy atom. The van der Waals surface area contributed by atoms with E-state index in [1.807, 2.05) is 13.8 Å². The maximum Gasteiger partial charge on any atom is 0.236 e. The molecule has 1 amide bonds. The zero-order valence-corrected chi connectivity index (χ0v) is 9.75. The van der Waals surface area contributed by atoms with Gasteiger partial charge >= 0.3 is 0 Å². The summed E-state index contributed by atoms with van der Waals surface area (Å²) in [5.41, 5.74) is 0. The van der Waals surface area contributed by atoms with E-state index in [1.54, 1.807) is 0 Å². The first-order valence-electron chi connectivity index (χ1n) is 6.26. The van der Waals surface area contributed by atoms with Gasteiger partial charge in [-0.2, -0.15) is 0 Å². The Bertz CT molecular complexity index is 222. The first-order valence-corrected chi connectivity index (χ1v) is 6.26. The largest absolute Gasteiger partial charge is 0.355 e. The molecule has 15 heavy (non-hydrogen) atoms. The van der Waals surface area contributed by atoms with Gasteiger partial charge in [0.25, 0.3) is 0 Å². The van der Waals surface area contributed by atoms with Crippen molar-refractivity contribution < 1.29 is 4.79 Å². The van der Waals surface area contributed by atoms with E-state index in [0.29, 0.717) is 6.04 Å². The summed E-state index contributed by atoms with van der Waals surface area (Å²) in [5.74, 6) is 1.85. The Balaban J connectivity index is 1.79. The molecule has 1 unspecified atom stereocenters. The van der Waals surface area contributed by atoms with Gasteiger partial charge in [-0.05, 0) is 51.4 Å². The fourth-order valence-corrected chi connectivity index (χ4v) is 2.26. The minimum Gasteiger partial charge on any atom is -0.355 e. The third kappa shape index (κ3) is 2.94. The molecule has 0 bridgehead atoms. The van der Waals surface area contributed by atoms with Crippen LogP contribution < -0.4 is 10.6 Å². The predicted molar refractivity (Wildman–Crippen MR) is 60.5 cm³/mol. The third-order valence-electron chi connectivity index (χ3n) is 3.45. The van der Waals surface area contributed by atoms with Crippen molar-refractivity contribution >= 4 is 5.91 Å². The molecule has 2 rings (SSSR count). The van der Waals surface area contributed by atoms with Gasteiger partial charge in [-0.1, -0.05) is 0 Å². The Morgan fingerprint density at radius 1 is 1.27 bits per heavy atom. The first-order chi connectivity index (χ1) is 7.22. The van der Waals surface area contributed by atoms with E-state index in [1.165, 1.54) is 25.7 Å². The smallest absolute Gasteiger partial charge is 0.236 e. The Morgan fingerprint density at radius 2 is 1.80 bits per heavy atom. The number of hydrogen-bond acceptors (Lipinski definition) is 2. The molecular weight excluding hydrogens is 188 g/mol. The average Bonchev–Trinajstić information content (AvgIpc) is 3.03. The SMILES string of the molecule is CCNC(=O)C(C)NC(C1CC1)C1CC1. The first kappa shape index (κ1) is 10.9. The summed E-state index contributed by atoms with van der Waals surface area (Å²) in [5, 5.41) is 6.38. The average molecular weight is 210 g/mol. The number of carbonyl (C=O) groups excluding carboxylic acids is 1. The monoisotopic (exact) mass is 210 g/mol. The van der Waals surface area contributed by atoms with Crippen LogP contribution in [0.5, 0.6) is 0 Å². The van der Waals surface area contributed by atoms with Crippen molar-refractivity contribution in [3.05, 3.63) is 0 Å². The highest BCUT2D eigenvalue weighted by molar-refractivity contribution is 5.81. The summed E-state index contributed by atoms with van der Waals surface area (Å²) >= 11 is 0. The Kier molecular flexibility index (Phi) is 3.29. The molecule has 2 aliphatic carbocycles. The molecule has 2 fully saturated rings. The number of hydrogen-bond donors (Lipinski definition) is 2. The molecule has 2 N–H and O–H groups in total. The number of amides is 1. The maximum absolute atomic E-state index is 11.6. The molecule has 86 valence electrons. The molecule has 0 radical (unpaired) electrons. The van der Waals surface area contributed by atoms with E-state index in [2.05, 4.69) is 10.6 Å². The third-order valence-corrected chi connectivity index (χ3v) is 3.45. The van der Waals surface area contributed by atoms with Crippen LogP contribution in [-0.2, 0) is 4.79 Å². The van der Waals surface area contributed by atoms with Crippen molar-refractivity contribution in [2.24, 2.45) is 11.8 Å². The van der Waals surface area contributed by atoms with Crippen molar-refractivity contribution in [2.45, 2.75) is 51.6 Å². The van der Waals surface area contributed by atoms with Crippen LogP contribution in [0.1, 0.15) is 39.5 Å². The van der Waals surface area contributed by atoms with Crippen LogP contribution in [0, 0.1) is 11.8 Å². The molecular formula is C12H22N2O. The highest BCUT2D eigenvalue weighted by Crippen LogP contribution is 2.44. The highest BCUT2D eigenvalue weighted by Gasteiger charge is 2.42. The van der Waals surface area contributed by atoms with Gasteiger partial charge < -0.3 is 10.6 Å². The molecule has 0 aliphatic heterocycles. The quantitative estimate of drug-likeness (QED) is 0.693. The van der Waals surface area contributed by atoms with E-state index in [9.17, 15) is 4.79 Å². The summed E-state index contributed by atoms with van der Waals surface area (Å²) < 4.78 is 0. The second-order valence-corrected chi connectivity index (χ2v) is 4.98. The topological polar surface area (TPSA) is 41.1 Å². The van der Waals surface area contributed by atoms with Gasteiger partial charge in [0.05, 0.1) is 6.04 Å². The van der Waals surface area contributed by atoms with E-state index >= 15 is 0 Å². The van der Waals surface area contributed by atoms with Gasteiger partial charge in [-0.3, -0.25) is 4.79 Å². The molecule has 0 aromatic carbocycles. The molecule has 0 spiro atoms. The van der Waals surface area contributed by atoms with Crippen molar-refractivity contribution in [2.75, 3.05) is 6.54 Å². The number of nitrogens with one attached hydrogen (secondary N) is 2. The number of rotatable bonds is 6. The fraction of sp³-hybridized carbons (Fsp3) is 0.917. The molecule has 0 heterocycles. The van der Waals surface area contributed by atoms with E-state index in [0.717, 1.165) is 18.4 Å². The molecule has 3 nitrogen and oxygen atoms in total. The van der Waals surface area contributed by atoms with Crippen molar-refractivity contribution in [3.8, 4) is 0 Å². The number of carbonyl (C=O) groups is 1. The summed E-state index contributed by atoms with van der Waals surface area (Å²) in [6.07, 6.45) is 5.43. The summed E-state index contributed by atoms with van der Waals surface area (Å²) in [6.45, 7) is 4.66. The zero-order valence-electron chi connectivity index (χ0n) is 9.75. The molecule has 1 atom stereocenters. The summed E-state index contributed by atoms with van der Waals surface area (Å²) in [6, 6.07) is 0.582. The van der Waals surface area contributed by atoms with Gasteiger partial charge in [-0.25, -0.2) is 0 Å². The normalized spacial score (nSPS) is 22.9. The Hall–Kier alpha value is -0.570. The van der Waals surface area contributed by atoms with Crippen LogP contribution in [0.2, 0.25) is 0 Å². The minimum atomic E-state index is -0.0313. The molecule has 2 saturated carbocycles. The van der Waals surface area contributed by atoms with Crippen molar-refractivity contribution in [3.63, 3.8) is 0 Å². The van der Waals surface area contributed by atoms with Gasteiger partial charge in [-0.15, -0.1) is 0 Å². The predicted octanol–water partition coefficient (Wildman–Crippen LogP) is 1.29. The second kappa shape index (κ2) is 4.52. The zero-order chi connectivity index (χ0) is 10.8. The lowest BCUT2D eigenvalue weighted by molar-refractivity contribution is -0.122. The highest BCUT2D eigenvalue weighted by atomic mass is 16.2.